The van der Waals surface area contributed by atoms with Crippen molar-refractivity contribution in [2.24, 2.45) is 0 Å². The molecular formula is C12H11NO3. The Bertz CT molecular complexity index is 472. The highest BCUT2D eigenvalue weighted by Gasteiger charge is 2.14. The zero-order valence-corrected chi connectivity index (χ0v) is 9.11. The van der Waals surface area contributed by atoms with Gasteiger partial charge in [0.2, 0.25) is 0 Å². The predicted octanol–water partition coefficient (Wildman–Crippen LogP) is 1.72. The first-order valence-electron chi connectivity index (χ1n) is 4.78. The Morgan fingerprint density at radius 3 is 2.69 bits per heavy atom. The van der Waals surface area contributed by atoms with Crippen LogP contribution in [-0.2, 0) is 11.2 Å². The number of rotatable bonds is 3. The van der Waals surface area contributed by atoms with Crippen LogP contribution < -0.4 is 0 Å². The fraction of sp³-hybridized carbons (Fsp3) is 0.250. The van der Waals surface area contributed by atoms with E-state index in [9.17, 15) is 9.59 Å². The first kappa shape index (κ1) is 11.9. The summed E-state index contributed by atoms with van der Waals surface area (Å²) in [6.07, 6.45) is 1.22. The molecule has 0 aromatic heterocycles. The van der Waals surface area contributed by atoms with Crippen LogP contribution in [0.1, 0.15) is 38.8 Å². The summed E-state index contributed by atoms with van der Waals surface area (Å²) in [5.74, 6) is -0.610. The fourth-order valence-electron chi connectivity index (χ4n) is 1.44. The van der Waals surface area contributed by atoms with Crippen LogP contribution in [0.2, 0.25) is 0 Å². The number of esters is 1. The Morgan fingerprint density at radius 1 is 1.56 bits per heavy atom. The van der Waals surface area contributed by atoms with Crippen molar-refractivity contribution in [3.63, 3.8) is 0 Å². The minimum Gasteiger partial charge on any atom is -0.465 e. The summed E-state index contributed by atoms with van der Waals surface area (Å²) in [4.78, 5) is 22.2. The molecule has 0 heterocycles. The van der Waals surface area contributed by atoms with Crippen molar-refractivity contribution in [2.45, 2.75) is 13.3 Å². The second-order valence-corrected chi connectivity index (χ2v) is 3.17. The molecule has 0 unspecified atom stereocenters. The number of nitriles is 1. The third kappa shape index (κ3) is 2.09. The molecule has 0 bridgehead atoms. The lowest BCUT2D eigenvalue weighted by Gasteiger charge is -2.07. The van der Waals surface area contributed by atoms with Crippen molar-refractivity contribution in [3.8, 4) is 6.07 Å². The quantitative estimate of drug-likeness (QED) is 0.571. The van der Waals surface area contributed by atoms with Gasteiger partial charge in [0.1, 0.15) is 0 Å². The molecule has 0 aliphatic rings. The fourth-order valence-corrected chi connectivity index (χ4v) is 1.44. The van der Waals surface area contributed by atoms with Gasteiger partial charge in [-0.05, 0) is 24.1 Å². The number of ether oxygens (including phenoxy) is 1. The summed E-state index contributed by atoms with van der Waals surface area (Å²) < 4.78 is 4.54. The van der Waals surface area contributed by atoms with Crippen LogP contribution in [0.5, 0.6) is 0 Å². The molecule has 0 amide bonds. The van der Waals surface area contributed by atoms with Crippen LogP contribution in [0.25, 0.3) is 0 Å². The summed E-state index contributed by atoms with van der Waals surface area (Å²) in [5, 5.41) is 8.90. The summed E-state index contributed by atoms with van der Waals surface area (Å²) in [5.41, 5.74) is 1.53. The average Bonchev–Trinajstić information content (AvgIpc) is 2.35. The van der Waals surface area contributed by atoms with E-state index < -0.39 is 5.97 Å². The van der Waals surface area contributed by atoms with Crippen LogP contribution in [-0.4, -0.2) is 19.4 Å². The molecule has 0 radical (unpaired) electrons. The molecule has 0 saturated carbocycles. The van der Waals surface area contributed by atoms with Gasteiger partial charge in [0.05, 0.1) is 24.3 Å². The van der Waals surface area contributed by atoms with Crippen molar-refractivity contribution >= 4 is 12.3 Å². The number of aryl methyl sites for hydroxylation is 1. The first-order chi connectivity index (χ1) is 7.67. The lowest BCUT2D eigenvalue weighted by Crippen LogP contribution is -2.07. The van der Waals surface area contributed by atoms with Crippen molar-refractivity contribution in [3.05, 3.63) is 34.4 Å². The van der Waals surface area contributed by atoms with E-state index in [1.807, 2.05) is 13.0 Å². The minimum atomic E-state index is -0.610. The van der Waals surface area contributed by atoms with E-state index in [-0.39, 0.29) is 11.1 Å². The molecule has 1 rings (SSSR count). The maximum atomic E-state index is 11.4. The topological polar surface area (TPSA) is 67.2 Å². The van der Waals surface area contributed by atoms with Gasteiger partial charge < -0.3 is 4.74 Å². The van der Waals surface area contributed by atoms with E-state index in [2.05, 4.69) is 4.74 Å². The lowest BCUT2D eigenvalue weighted by molar-refractivity contribution is 0.0598. The smallest absolute Gasteiger partial charge is 0.338 e. The van der Waals surface area contributed by atoms with E-state index in [0.717, 1.165) is 5.56 Å². The Kier molecular flexibility index (Phi) is 3.78. The Hall–Kier alpha value is -2.15. The maximum Gasteiger partial charge on any atom is 0.338 e. The average molecular weight is 217 g/mol. The number of hydrogen-bond donors (Lipinski definition) is 0. The van der Waals surface area contributed by atoms with Crippen LogP contribution in [0, 0.1) is 11.3 Å². The number of aldehydes is 1. The van der Waals surface area contributed by atoms with E-state index in [1.165, 1.54) is 13.2 Å². The van der Waals surface area contributed by atoms with E-state index >= 15 is 0 Å². The normalized spacial score (nSPS) is 9.31. The highest BCUT2D eigenvalue weighted by molar-refractivity contribution is 5.98. The first-order valence-corrected chi connectivity index (χ1v) is 4.78. The zero-order chi connectivity index (χ0) is 12.1. The molecule has 4 heteroatoms. The van der Waals surface area contributed by atoms with Gasteiger partial charge in [0.25, 0.3) is 0 Å². The second-order valence-electron chi connectivity index (χ2n) is 3.17. The number of hydrogen-bond acceptors (Lipinski definition) is 4. The van der Waals surface area contributed by atoms with Gasteiger partial charge in [-0.1, -0.05) is 6.92 Å². The molecule has 0 fully saturated rings. The maximum absolute atomic E-state index is 11.4. The molecular weight excluding hydrogens is 206 g/mol. The zero-order valence-electron chi connectivity index (χ0n) is 9.11. The molecule has 0 saturated heterocycles. The number of benzene rings is 1. The van der Waals surface area contributed by atoms with Gasteiger partial charge in [-0.15, -0.1) is 0 Å². The van der Waals surface area contributed by atoms with Crippen molar-refractivity contribution in [1.82, 2.24) is 0 Å². The lowest BCUT2D eigenvalue weighted by atomic mass is 9.98. The summed E-state index contributed by atoms with van der Waals surface area (Å²) in [7, 11) is 1.23. The van der Waals surface area contributed by atoms with Gasteiger partial charge in [-0.25, -0.2) is 4.79 Å². The molecule has 0 aliphatic heterocycles. The molecule has 0 aliphatic carbocycles. The van der Waals surface area contributed by atoms with Gasteiger partial charge in [-0.3, -0.25) is 4.79 Å². The highest BCUT2D eigenvalue weighted by atomic mass is 16.5. The molecule has 1 aromatic rings. The highest BCUT2D eigenvalue weighted by Crippen LogP contribution is 2.17. The Balaban J connectivity index is 3.44. The SMILES string of the molecule is CCc1cc(C=O)c(C(=O)OC)cc1C#N. The van der Waals surface area contributed by atoms with Crippen molar-refractivity contribution in [1.29, 1.82) is 5.26 Å². The third-order valence-electron chi connectivity index (χ3n) is 2.31. The van der Waals surface area contributed by atoms with Gasteiger partial charge >= 0.3 is 5.97 Å². The number of carbonyl (C=O) groups is 2. The summed E-state index contributed by atoms with van der Waals surface area (Å²) in [6.45, 7) is 1.88. The number of nitrogens with zero attached hydrogens (tertiary/aromatic N) is 1. The van der Waals surface area contributed by atoms with Gasteiger partial charge in [-0.2, -0.15) is 5.26 Å². The molecule has 16 heavy (non-hydrogen) atoms. The van der Waals surface area contributed by atoms with Crippen LogP contribution >= 0.6 is 0 Å². The molecule has 82 valence electrons. The largest absolute Gasteiger partial charge is 0.465 e. The molecule has 0 atom stereocenters. The van der Waals surface area contributed by atoms with Crippen LogP contribution in [0.15, 0.2) is 12.1 Å². The summed E-state index contributed by atoms with van der Waals surface area (Å²) >= 11 is 0. The van der Waals surface area contributed by atoms with E-state index in [4.69, 9.17) is 5.26 Å². The monoisotopic (exact) mass is 217 g/mol. The Labute approximate surface area is 93.5 Å². The predicted molar refractivity (Wildman–Crippen MR) is 57.3 cm³/mol. The standard InChI is InChI=1S/C12H11NO3/c1-3-8-4-10(7-14)11(12(15)16-2)5-9(8)6-13/h4-5,7H,3H2,1-2H3. The van der Waals surface area contributed by atoms with Crippen LogP contribution in [0.4, 0.5) is 0 Å². The molecule has 0 N–H and O–H groups in total. The molecule has 0 spiro atoms. The van der Waals surface area contributed by atoms with Crippen molar-refractivity contribution < 1.29 is 14.3 Å². The number of carbonyl (C=O) groups excluding carboxylic acids is 2. The second kappa shape index (κ2) is 5.08. The van der Waals surface area contributed by atoms with Crippen molar-refractivity contribution in [2.75, 3.05) is 7.11 Å². The third-order valence-corrected chi connectivity index (χ3v) is 2.31. The van der Waals surface area contributed by atoms with Gasteiger partial charge in [0, 0.05) is 5.56 Å². The van der Waals surface area contributed by atoms with E-state index in [0.29, 0.717) is 18.3 Å². The van der Waals surface area contributed by atoms with Gasteiger partial charge in [0.15, 0.2) is 6.29 Å². The Morgan fingerprint density at radius 2 is 2.25 bits per heavy atom. The van der Waals surface area contributed by atoms with Crippen LogP contribution in [0.3, 0.4) is 0 Å². The number of methoxy groups -OCH3 is 1. The van der Waals surface area contributed by atoms with E-state index in [1.54, 1.807) is 6.07 Å². The summed E-state index contributed by atoms with van der Waals surface area (Å²) in [6, 6.07) is 4.94. The minimum absolute atomic E-state index is 0.131. The molecule has 1 aromatic carbocycles. The molecule has 4 nitrogen and oxygen atoms in total.